The summed E-state index contributed by atoms with van der Waals surface area (Å²) in [6, 6.07) is -0.705. The Balaban J connectivity index is 2.25. The van der Waals surface area contributed by atoms with E-state index in [1.165, 1.54) is 11.8 Å². The smallest absolute Gasteiger partial charge is 0.326 e. The molecule has 2 aliphatic rings. The molecule has 0 radical (unpaired) electrons. The first-order valence-corrected chi connectivity index (χ1v) is 7.04. The summed E-state index contributed by atoms with van der Waals surface area (Å²) in [6.45, 7) is 1.88. The van der Waals surface area contributed by atoms with Crippen molar-refractivity contribution in [3.05, 3.63) is 0 Å². The summed E-state index contributed by atoms with van der Waals surface area (Å²) in [6.07, 6.45) is -4.14. The molecule has 2 saturated heterocycles. The number of urea groups is 1. The van der Waals surface area contributed by atoms with Gasteiger partial charge in [0, 0.05) is 26.8 Å². The summed E-state index contributed by atoms with van der Waals surface area (Å²) in [4.78, 5) is 46.9. The fraction of sp³-hybridized carbons (Fsp3) is 0.692. The normalized spacial score (nSPS) is 30.8. The predicted molar refractivity (Wildman–Crippen MR) is 71.7 cm³/mol. The lowest BCUT2D eigenvalue weighted by Crippen LogP contribution is -2.57. The van der Waals surface area contributed by atoms with Crippen LogP contribution in [0.4, 0.5) is 4.79 Å². The Morgan fingerprint density at radius 3 is 2.39 bits per heavy atom. The molecular weight excluding hydrogens is 312 g/mol. The summed E-state index contributed by atoms with van der Waals surface area (Å²) in [5.41, 5.74) is 0. The second-order valence-electron chi connectivity index (χ2n) is 5.19. The summed E-state index contributed by atoms with van der Waals surface area (Å²) < 4.78 is 15.8. The van der Waals surface area contributed by atoms with Crippen LogP contribution in [0.2, 0.25) is 0 Å². The number of carbonyl (C=O) groups is 4. The number of aliphatic hydroxyl groups excluding tert-OH is 1. The molecular formula is C13H18N2O8. The maximum atomic E-state index is 12.0. The van der Waals surface area contributed by atoms with Crippen LogP contribution in [0.5, 0.6) is 0 Å². The Morgan fingerprint density at radius 1 is 1.26 bits per heavy atom. The van der Waals surface area contributed by atoms with Gasteiger partial charge in [0.05, 0.1) is 6.61 Å². The SMILES string of the molecule is CC(=O)O[C@@H]1[C@H](OC(C)=O)[C@@H](CO)O[C@H]1N1CCC(=O)NC1=O. The highest BCUT2D eigenvalue weighted by atomic mass is 16.6. The van der Waals surface area contributed by atoms with Crippen LogP contribution in [0.1, 0.15) is 20.3 Å². The molecule has 0 spiro atoms. The minimum absolute atomic E-state index is 0.0536. The Kier molecular flexibility index (Phi) is 5.16. The van der Waals surface area contributed by atoms with Crippen molar-refractivity contribution in [2.75, 3.05) is 13.2 Å². The van der Waals surface area contributed by atoms with Crippen molar-refractivity contribution in [1.29, 1.82) is 0 Å². The van der Waals surface area contributed by atoms with Crippen LogP contribution in [0, 0.1) is 0 Å². The maximum absolute atomic E-state index is 12.0. The second-order valence-corrected chi connectivity index (χ2v) is 5.19. The molecule has 2 aliphatic heterocycles. The van der Waals surface area contributed by atoms with Gasteiger partial charge in [0.15, 0.2) is 18.4 Å². The van der Waals surface area contributed by atoms with E-state index in [0.717, 1.165) is 6.92 Å². The van der Waals surface area contributed by atoms with E-state index in [0.29, 0.717) is 0 Å². The van der Waals surface area contributed by atoms with Crippen LogP contribution in [-0.2, 0) is 28.6 Å². The maximum Gasteiger partial charge on any atom is 0.326 e. The topological polar surface area (TPSA) is 131 Å². The van der Waals surface area contributed by atoms with Crippen LogP contribution in [0.3, 0.4) is 0 Å². The largest absolute Gasteiger partial charge is 0.456 e. The lowest BCUT2D eigenvalue weighted by atomic mass is 10.1. The van der Waals surface area contributed by atoms with Gasteiger partial charge in [0.25, 0.3) is 0 Å². The standard InChI is InChI=1S/C13H18N2O8/c1-6(17)21-10-8(5-16)23-12(11(10)22-7(2)18)15-4-3-9(19)14-13(15)20/h8,10-12,16H,3-5H2,1-2H3,(H,14,19,20)/t8-,10-,11-,12-/m1/s1. The molecule has 0 aromatic rings. The van der Waals surface area contributed by atoms with Gasteiger partial charge in [-0.25, -0.2) is 4.79 Å². The van der Waals surface area contributed by atoms with E-state index in [-0.39, 0.29) is 13.0 Å². The lowest BCUT2D eigenvalue weighted by Gasteiger charge is -2.34. The summed E-state index contributed by atoms with van der Waals surface area (Å²) >= 11 is 0. The van der Waals surface area contributed by atoms with Crippen LogP contribution in [0.25, 0.3) is 0 Å². The number of esters is 2. The Labute approximate surface area is 131 Å². The van der Waals surface area contributed by atoms with E-state index < -0.39 is 55.0 Å². The minimum atomic E-state index is -1.10. The highest BCUT2D eigenvalue weighted by molar-refractivity contribution is 5.96. The molecule has 0 unspecified atom stereocenters. The van der Waals surface area contributed by atoms with Gasteiger partial charge >= 0.3 is 18.0 Å². The number of carbonyl (C=O) groups excluding carboxylic acids is 4. The summed E-state index contributed by atoms with van der Waals surface area (Å²) in [5, 5.41) is 11.5. The van der Waals surface area contributed by atoms with Crippen LogP contribution in [-0.4, -0.2) is 71.6 Å². The summed E-state index contributed by atoms with van der Waals surface area (Å²) in [7, 11) is 0. The first kappa shape index (κ1) is 17.2. The van der Waals surface area contributed by atoms with E-state index in [2.05, 4.69) is 5.32 Å². The molecule has 23 heavy (non-hydrogen) atoms. The van der Waals surface area contributed by atoms with Gasteiger partial charge in [-0.1, -0.05) is 0 Å². The van der Waals surface area contributed by atoms with Crippen LogP contribution < -0.4 is 5.32 Å². The van der Waals surface area contributed by atoms with Crippen molar-refractivity contribution in [2.24, 2.45) is 0 Å². The number of imide groups is 1. The van der Waals surface area contributed by atoms with E-state index in [1.54, 1.807) is 0 Å². The lowest BCUT2D eigenvalue weighted by molar-refractivity contribution is -0.167. The van der Waals surface area contributed by atoms with Gasteiger partial charge in [-0.2, -0.15) is 0 Å². The second kappa shape index (κ2) is 6.92. The molecule has 0 aromatic carbocycles. The third-order valence-corrected chi connectivity index (χ3v) is 3.46. The number of nitrogens with zero attached hydrogens (tertiary/aromatic N) is 1. The molecule has 128 valence electrons. The summed E-state index contributed by atoms with van der Waals surface area (Å²) in [5.74, 6) is -1.73. The molecule has 0 aromatic heterocycles. The number of hydrogen-bond acceptors (Lipinski definition) is 8. The van der Waals surface area contributed by atoms with Gasteiger partial charge in [-0.15, -0.1) is 0 Å². The quantitative estimate of drug-likeness (QED) is 0.596. The monoisotopic (exact) mass is 330 g/mol. The third-order valence-electron chi connectivity index (χ3n) is 3.46. The van der Waals surface area contributed by atoms with Crippen molar-refractivity contribution in [2.45, 2.75) is 44.8 Å². The molecule has 0 aliphatic carbocycles. The Morgan fingerprint density at radius 2 is 1.87 bits per heavy atom. The highest BCUT2D eigenvalue weighted by Gasteiger charge is 2.52. The number of rotatable bonds is 4. The average Bonchev–Trinajstić information content (AvgIpc) is 2.76. The number of nitrogens with one attached hydrogen (secondary N) is 1. The number of hydrogen-bond donors (Lipinski definition) is 2. The zero-order valence-corrected chi connectivity index (χ0v) is 12.7. The van der Waals surface area contributed by atoms with Gasteiger partial charge < -0.3 is 19.3 Å². The molecule has 0 saturated carbocycles. The van der Waals surface area contributed by atoms with E-state index in [9.17, 15) is 24.3 Å². The highest BCUT2D eigenvalue weighted by Crippen LogP contribution is 2.30. The van der Waals surface area contributed by atoms with E-state index >= 15 is 0 Å². The van der Waals surface area contributed by atoms with Crippen molar-refractivity contribution in [3.8, 4) is 0 Å². The molecule has 3 amide bonds. The zero-order chi connectivity index (χ0) is 17.1. The van der Waals surface area contributed by atoms with Crippen molar-refractivity contribution < 1.29 is 38.5 Å². The van der Waals surface area contributed by atoms with Crippen molar-refractivity contribution >= 4 is 23.9 Å². The molecule has 2 rings (SSSR count). The Hall–Kier alpha value is -2.20. The molecule has 0 bridgehead atoms. The van der Waals surface area contributed by atoms with E-state index in [4.69, 9.17) is 14.2 Å². The molecule has 2 fully saturated rings. The molecule has 4 atom stereocenters. The number of amides is 3. The van der Waals surface area contributed by atoms with Gasteiger partial charge in [-0.3, -0.25) is 24.6 Å². The molecule has 2 N–H and O–H groups in total. The zero-order valence-electron chi connectivity index (χ0n) is 12.7. The van der Waals surface area contributed by atoms with E-state index in [1.807, 2.05) is 0 Å². The predicted octanol–water partition coefficient (Wildman–Crippen LogP) is -1.49. The van der Waals surface area contributed by atoms with Gasteiger partial charge in [-0.05, 0) is 0 Å². The first-order chi connectivity index (χ1) is 10.8. The first-order valence-electron chi connectivity index (χ1n) is 7.04. The molecule has 2 heterocycles. The number of aliphatic hydroxyl groups is 1. The van der Waals surface area contributed by atoms with Crippen molar-refractivity contribution in [3.63, 3.8) is 0 Å². The molecule has 10 heteroatoms. The average molecular weight is 330 g/mol. The fourth-order valence-electron chi connectivity index (χ4n) is 2.58. The Bertz CT molecular complexity index is 522. The third kappa shape index (κ3) is 3.77. The van der Waals surface area contributed by atoms with Crippen LogP contribution >= 0.6 is 0 Å². The molecule has 10 nitrogen and oxygen atoms in total. The van der Waals surface area contributed by atoms with Crippen LogP contribution in [0.15, 0.2) is 0 Å². The van der Waals surface area contributed by atoms with Gasteiger partial charge in [0.1, 0.15) is 6.10 Å². The fourth-order valence-corrected chi connectivity index (χ4v) is 2.58. The number of ether oxygens (including phenoxy) is 3. The van der Waals surface area contributed by atoms with Gasteiger partial charge in [0.2, 0.25) is 5.91 Å². The minimum Gasteiger partial charge on any atom is -0.456 e. The van der Waals surface area contributed by atoms with Crippen molar-refractivity contribution in [1.82, 2.24) is 10.2 Å².